The van der Waals surface area contributed by atoms with Gasteiger partial charge in [-0.2, -0.15) is 5.26 Å². The summed E-state index contributed by atoms with van der Waals surface area (Å²) in [6.45, 7) is 9.02. The lowest BCUT2D eigenvalue weighted by molar-refractivity contribution is 1.05. The maximum absolute atomic E-state index is 9.03. The molecule has 0 unspecified atom stereocenters. The van der Waals surface area contributed by atoms with Crippen LogP contribution >= 0.6 is 0 Å². The van der Waals surface area contributed by atoms with E-state index in [1.54, 1.807) is 0 Å². The van der Waals surface area contributed by atoms with E-state index in [0.717, 1.165) is 39.3 Å². The molecule has 1 aliphatic heterocycles. The minimum Gasteiger partial charge on any atom is -0.383 e. The fourth-order valence-electron chi connectivity index (χ4n) is 4.15. The molecule has 0 amide bonds. The molecule has 0 bridgehead atoms. The van der Waals surface area contributed by atoms with Crippen LogP contribution in [0.15, 0.2) is 61.1 Å². The number of aromatic nitrogens is 2. The number of aryl methyl sites for hydroxylation is 2. The van der Waals surface area contributed by atoms with Crippen LogP contribution in [0.4, 0.5) is 17.3 Å². The van der Waals surface area contributed by atoms with E-state index >= 15 is 0 Å². The third-order valence-electron chi connectivity index (χ3n) is 5.70. The van der Waals surface area contributed by atoms with Gasteiger partial charge in [-0.05, 0) is 42.7 Å². The minimum atomic E-state index is -0.0757. The Morgan fingerprint density at radius 1 is 1.15 bits per heavy atom. The average Bonchev–Trinajstić information content (AvgIpc) is 2.78. The van der Waals surface area contributed by atoms with E-state index in [2.05, 4.69) is 71.0 Å². The van der Waals surface area contributed by atoms with Gasteiger partial charge in [0.1, 0.15) is 18.0 Å². The number of fused-ring (bicyclic) bond motifs is 1. The predicted molar refractivity (Wildman–Crippen MR) is 134 cm³/mol. The first-order valence-electron chi connectivity index (χ1n) is 10.6. The van der Waals surface area contributed by atoms with Crippen molar-refractivity contribution < 1.29 is 0 Å². The second kappa shape index (κ2) is 8.97. The fraction of sp³-hybridized carbons (Fsp3) is 0.154. The number of nitrogen functional groups attached to an aromatic ring is 1. The monoisotopic (exact) mass is 435 g/mol. The van der Waals surface area contributed by atoms with Gasteiger partial charge in [0.25, 0.3) is 0 Å². The Morgan fingerprint density at radius 2 is 1.91 bits per heavy atom. The van der Waals surface area contributed by atoms with E-state index in [1.807, 2.05) is 24.3 Å². The van der Waals surface area contributed by atoms with Crippen molar-refractivity contribution in [2.75, 3.05) is 22.5 Å². The summed E-state index contributed by atoms with van der Waals surface area (Å²) >= 11 is 0. The molecule has 4 N–H and O–H groups in total. The number of nitrogens with two attached hydrogens (primary N) is 1. The Kier molecular flexibility index (Phi) is 5.92. The van der Waals surface area contributed by atoms with Gasteiger partial charge in [-0.3, -0.25) is 0 Å². The summed E-state index contributed by atoms with van der Waals surface area (Å²) in [7, 11) is 0. The highest BCUT2D eigenvalue weighted by molar-refractivity contribution is 6.07. The van der Waals surface area contributed by atoms with Crippen LogP contribution in [0.1, 0.15) is 34.2 Å². The van der Waals surface area contributed by atoms with Gasteiger partial charge in [-0.25, -0.2) is 9.97 Å². The first-order valence-corrected chi connectivity index (χ1v) is 10.6. The number of anilines is 3. The molecule has 0 fully saturated rings. The first kappa shape index (κ1) is 21.8. The maximum atomic E-state index is 9.03. The number of nitrogens with one attached hydrogen (secondary N) is 2. The zero-order chi connectivity index (χ0) is 23.5. The lowest BCUT2D eigenvalue weighted by Crippen LogP contribution is -2.29. The number of nitriles is 1. The highest BCUT2D eigenvalue weighted by atomic mass is 15.2. The summed E-state index contributed by atoms with van der Waals surface area (Å²) in [6.07, 6.45) is 3.42. The van der Waals surface area contributed by atoms with Gasteiger partial charge >= 0.3 is 0 Å². The Hall–Kier alpha value is -4.44. The van der Waals surface area contributed by atoms with Crippen molar-refractivity contribution in [3.63, 3.8) is 0 Å². The van der Waals surface area contributed by atoms with Crippen molar-refractivity contribution in [3.05, 3.63) is 88.9 Å². The summed E-state index contributed by atoms with van der Waals surface area (Å²) in [6, 6.07) is 16.4. The number of hydrogen-bond acceptors (Lipinski definition) is 7. The third kappa shape index (κ3) is 4.06. The van der Waals surface area contributed by atoms with Crippen molar-refractivity contribution in [1.29, 1.82) is 10.7 Å². The third-order valence-corrected chi connectivity index (χ3v) is 5.70. The SMILES string of the molecule is C=C1c2c(C)cccc2C=C(CNc2ncnc(N)c2C(=N)CC#N)N1c1ccccc1C. The van der Waals surface area contributed by atoms with Crippen LogP contribution < -0.4 is 16.0 Å². The molecule has 0 saturated carbocycles. The van der Waals surface area contributed by atoms with Crippen LogP contribution in [0.2, 0.25) is 0 Å². The molecule has 0 aliphatic carbocycles. The van der Waals surface area contributed by atoms with Crippen molar-refractivity contribution >= 4 is 34.8 Å². The molecule has 2 aromatic carbocycles. The first-order chi connectivity index (χ1) is 15.9. The summed E-state index contributed by atoms with van der Waals surface area (Å²) < 4.78 is 0. The van der Waals surface area contributed by atoms with Gasteiger partial charge in [0.2, 0.25) is 0 Å². The van der Waals surface area contributed by atoms with E-state index in [9.17, 15) is 0 Å². The molecule has 1 aliphatic rings. The zero-order valence-corrected chi connectivity index (χ0v) is 18.7. The van der Waals surface area contributed by atoms with Crippen LogP contribution in [0, 0.1) is 30.6 Å². The van der Waals surface area contributed by atoms with Crippen LogP contribution in [0.5, 0.6) is 0 Å². The molecule has 0 radical (unpaired) electrons. The predicted octanol–water partition coefficient (Wildman–Crippen LogP) is 4.90. The van der Waals surface area contributed by atoms with Crippen molar-refractivity contribution in [1.82, 2.24) is 9.97 Å². The maximum Gasteiger partial charge on any atom is 0.141 e. The summed E-state index contributed by atoms with van der Waals surface area (Å²) in [4.78, 5) is 10.5. The van der Waals surface area contributed by atoms with Gasteiger partial charge in [0.05, 0.1) is 30.3 Å². The van der Waals surface area contributed by atoms with Gasteiger partial charge < -0.3 is 21.4 Å². The van der Waals surface area contributed by atoms with Crippen LogP contribution in [0.3, 0.4) is 0 Å². The number of benzene rings is 2. The second-order valence-electron chi connectivity index (χ2n) is 7.89. The van der Waals surface area contributed by atoms with Gasteiger partial charge in [0.15, 0.2) is 0 Å². The van der Waals surface area contributed by atoms with Crippen LogP contribution in [-0.4, -0.2) is 22.2 Å². The zero-order valence-electron chi connectivity index (χ0n) is 18.7. The molecule has 0 spiro atoms. The molecule has 2 heterocycles. The molecule has 33 heavy (non-hydrogen) atoms. The summed E-state index contributed by atoms with van der Waals surface area (Å²) in [5.74, 6) is 0.598. The van der Waals surface area contributed by atoms with Crippen LogP contribution in [-0.2, 0) is 0 Å². The molecule has 0 saturated heterocycles. The molecular weight excluding hydrogens is 410 g/mol. The number of para-hydroxylation sites is 1. The number of rotatable bonds is 6. The standard InChI is InChI=1S/C26H25N7/c1-16-7-4-5-10-22(16)33-18(3)23-17(2)8-6-9-19(23)13-20(33)14-30-26-24(21(28)11-12-27)25(29)31-15-32-26/h4-10,13,15,28H,3,11,14H2,1-2H3,(H3,29,30,31,32). The van der Waals surface area contributed by atoms with Crippen molar-refractivity contribution in [3.8, 4) is 6.07 Å². The lowest BCUT2D eigenvalue weighted by atomic mass is 9.93. The molecule has 0 atom stereocenters. The number of hydrogen-bond donors (Lipinski definition) is 3. The quantitative estimate of drug-likeness (QED) is 0.474. The number of nitrogens with zero attached hydrogens (tertiary/aromatic N) is 4. The molecule has 7 heteroatoms. The highest BCUT2D eigenvalue weighted by Gasteiger charge is 2.26. The van der Waals surface area contributed by atoms with Gasteiger partial charge in [0, 0.05) is 22.6 Å². The van der Waals surface area contributed by atoms with Crippen molar-refractivity contribution in [2.24, 2.45) is 0 Å². The molecular formula is C26H25N7. The van der Waals surface area contributed by atoms with Gasteiger partial charge in [-0.15, -0.1) is 0 Å². The summed E-state index contributed by atoms with van der Waals surface area (Å²) in [5, 5.41) is 20.6. The van der Waals surface area contributed by atoms with E-state index < -0.39 is 0 Å². The van der Waals surface area contributed by atoms with E-state index in [4.69, 9.17) is 16.4 Å². The Morgan fingerprint density at radius 3 is 2.67 bits per heavy atom. The second-order valence-corrected chi connectivity index (χ2v) is 7.89. The van der Waals surface area contributed by atoms with E-state index in [0.29, 0.717) is 17.9 Å². The largest absolute Gasteiger partial charge is 0.383 e. The molecule has 1 aromatic heterocycles. The molecule has 7 nitrogen and oxygen atoms in total. The minimum absolute atomic E-state index is 0.0757. The van der Waals surface area contributed by atoms with Crippen LogP contribution in [0.25, 0.3) is 11.8 Å². The molecule has 4 rings (SSSR count). The Bertz CT molecular complexity index is 1330. The topological polar surface area (TPSA) is 115 Å². The Labute approximate surface area is 193 Å². The van der Waals surface area contributed by atoms with E-state index in [1.165, 1.54) is 6.33 Å². The van der Waals surface area contributed by atoms with Gasteiger partial charge in [-0.1, -0.05) is 43.0 Å². The lowest BCUT2D eigenvalue weighted by Gasteiger charge is -2.35. The smallest absolute Gasteiger partial charge is 0.141 e. The molecule has 164 valence electrons. The highest BCUT2D eigenvalue weighted by Crippen LogP contribution is 2.39. The normalized spacial score (nSPS) is 12.6. The summed E-state index contributed by atoms with van der Waals surface area (Å²) in [5.41, 5.74) is 13.9. The van der Waals surface area contributed by atoms with Crippen molar-refractivity contribution in [2.45, 2.75) is 20.3 Å². The fourth-order valence-corrected chi connectivity index (χ4v) is 4.15. The Balaban J connectivity index is 1.76. The average molecular weight is 436 g/mol. The van der Waals surface area contributed by atoms with E-state index in [-0.39, 0.29) is 18.0 Å². The molecule has 3 aromatic rings.